The van der Waals surface area contributed by atoms with Crippen molar-refractivity contribution in [2.24, 2.45) is 0 Å². The Labute approximate surface area is 198 Å². The first kappa shape index (κ1) is 21.6. The molecule has 3 aromatic rings. The van der Waals surface area contributed by atoms with Gasteiger partial charge in [-0.25, -0.2) is 9.97 Å². The smallest absolute Gasteiger partial charge is 0.253 e. The van der Waals surface area contributed by atoms with Gasteiger partial charge in [0, 0.05) is 43.2 Å². The van der Waals surface area contributed by atoms with E-state index in [9.17, 15) is 9.59 Å². The Morgan fingerprint density at radius 1 is 0.939 bits per heavy atom. The van der Waals surface area contributed by atoms with Crippen LogP contribution in [0, 0.1) is 6.92 Å². The second-order valence-electron chi connectivity index (χ2n) is 8.66. The average Bonchev–Trinajstić information content (AvgIpc) is 2.84. The normalized spacial score (nSPS) is 18.2. The highest BCUT2D eigenvalue weighted by Gasteiger charge is 2.31. The number of benzene rings is 2. The van der Waals surface area contributed by atoms with E-state index in [2.05, 4.69) is 9.88 Å². The van der Waals surface area contributed by atoms with E-state index < -0.39 is 0 Å². The van der Waals surface area contributed by atoms with Gasteiger partial charge < -0.3 is 9.80 Å². The topological polar surface area (TPSA) is 66.4 Å². The molecule has 2 heterocycles. The maximum atomic E-state index is 12.9. The molecule has 1 aromatic heterocycles. The number of halogens is 1. The molecule has 6 nitrogen and oxygen atoms in total. The van der Waals surface area contributed by atoms with Gasteiger partial charge in [-0.3, -0.25) is 9.59 Å². The van der Waals surface area contributed by atoms with Gasteiger partial charge in [-0.1, -0.05) is 41.9 Å². The van der Waals surface area contributed by atoms with Crippen LogP contribution in [0.3, 0.4) is 0 Å². The van der Waals surface area contributed by atoms with Gasteiger partial charge in [0.2, 0.25) is 5.95 Å². The zero-order valence-electron chi connectivity index (χ0n) is 18.5. The van der Waals surface area contributed by atoms with E-state index in [-0.39, 0.29) is 17.6 Å². The molecule has 33 heavy (non-hydrogen) atoms. The number of ketones is 1. The zero-order valence-corrected chi connectivity index (χ0v) is 19.3. The minimum absolute atomic E-state index is 0.0502. The fourth-order valence-corrected chi connectivity index (χ4v) is 4.87. The largest absolute Gasteiger partial charge is 0.337 e. The van der Waals surface area contributed by atoms with E-state index in [0.29, 0.717) is 61.1 Å². The quantitative estimate of drug-likeness (QED) is 0.582. The number of Topliss-reactive ketones (excluding diaryl/α,β-unsaturated/α-hetero) is 1. The number of amides is 1. The maximum Gasteiger partial charge on any atom is 0.253 e. The van der Waals surface area contributed by atoms with Crippen LogP contribution in [0.2, 0.25) is 5.02 Å². The molecule has 0 radical (unpaired) electrons. The third-order valence-electron chi connectivity index (χ3n) is 6.52. The van der Waals surface area contributed by atoms with Crippen LogP contribution >= 0.6 is 11.6 Å². The first-order valence-corrected chi connectivity index (χ1v) is 11.6. The second-order valence-corrected chi connectivity index (χ2v) is 9.09. The lowest BCUT2D eigenvalue weighted by molar-refractivity contribution is 0.0745. The molecule has 168 valence electrons. The van der Waals surface area contributed by atoms with Crippen molar-refractivity contribution >= 4 is 29.2 Å². The predicted molar refractivity (Wildman–Crippen MR) is 128 cm³/mol. The number of fused-ring (bicyclic) bond motifs is 1. The highest BCUT2D eigenvalue weighted by Crippen LogP contribution is 2.34. The van der Waals surface area contributed by atoms with Crippen LogP contribution in [0.15, 0.2) is 54.6 Å². The van der Waals surface area contributed by atoms with Crippen molar-refractivity contribution in [1.82, 2.24) is 14.9 Å². The van der Waals surface area contributed by atoms with E-state index in [1.807, 2.05) is 66.4 Å². The van der Waals surface area contributed by atoms with Crippen LogP contribution in [-0.4, -0.2) is 52.7 Å². The lowest BCUT2D eigenvalue weighted by Gasteiger charge is -2.35. The minimum Gasteiger partial charge on any atom is -0.337 e. The molecule has 7 heteroatoms. The molecule has 0 unspecified atom stereocenters. The van der Waals surface area contributed by atoms with Crippen molar-refractivity contribution in [2.75, 3.05) is 31.1 Å². The Bertz CT molecular complexity index is 1190. The number of aromatic nitrogens is 2. The molecule has 1 aliphatic carbocycles. The van der Waals surface area contributed by atoms with Crippen LogP contribution in [0.1, 0.15) is 50.0 Å². The standard InChI is InChI=1S/C26H25ClN4O2/c1-17-24-22(15-20(16-23(24)32)18-7-9-21(27)10-8-18)29-26(28-17)31-13-11-30(12-14-31)25(33)19-5-3-2-4-6-19/h2-10,20H,11-16H2,1H3/t20-/m1/s1. The van der Waals surface area contributed by atoms with Crippen molar-refractivity contribution in [2.45, 2.75) is 25.7 Å². The molecule has 1 fully saturated rings. The molecular formula is C26H25ClN4O2. The fraction of sp³-hybridized carbons (Fsp3) is 0.308. The van der Waals surface area contributed by atoms with Gasteiger partial charge in [0.05, 0.1) is 17.0 Å². The molecule has 5 rings (SSSR count). The number of piperazine rings is 1. The van der Waals surface area contributed by atoms with Gasteiger partial charge in [-0.15, -0.1) is 0 Å². The first-order chi connectivity index (χ1) is 16.0. The molecule has 0 bridgehead atoms. The molecule has 0 saturated carbocycles. The van der Waals surface area contributed by atoms with Crippen molar-refractivity contribution in [3.05, 3.63) is 87.7 Å². The fourth-order valence-electron chi connectivity index (χ4n) is 4.74. The third kappa shape index (κ3) is 4.35. The summed E-state index contributed by atoms with van der Waals surface area (Å²) < 4.78 is 0. The summed E-state index contributed by atoms with van der Waals surface area (Å²) in [5.41, 5.74) is 4.03. The number of carbonyl (C=O) groups is 2. The number of rotatable bonds is 3. The molecule has 2 aliphatic rings. The molecule has 1 amide bonds. The van der Waals surface area contributed by atoms with E-state index in [1.54, 1.807) is 0 Å². The molecule has 2 aromatic carbocycles. The molecule has 0 spiro atoms. The summed E-state index contributed by atoms with van der Waals surface area (Å²) in [6.07, 6.45) is 1.16. The molecule has 0 N–H and O–H groups in total. The number of hydrogen-bond donors (Lipinski definition) is 0. The van der Waals surface area contributed by atoms with Gasteiger partial charge >= 0.3 is 0 Å². The SMILES string of the molecule is Cc1nc(N2CCN(C(=O)c3ccccc3)CC2)nc2c1C(=O)C[C@H](c1ccc(Cl)cc1)C2. The summed E-state index contributed by atoms with van der Waals surface area (Å²) in [6.45, 7) is 4.43. The van der Waals surface area contributed by atoms with Crippen molar-refractivity contribution in [1.29, 1.82) is 0 Å². The van der Waals surface area contributed by atoms with Crippen LogP contribution in [0.5, 0.6) is 0 Å². The number of aryl methyl sites for hydroxylation is 1. The van der Waals surface area contributed by atoms with Gasteiger partial charge in [0.15, 0.2) is 5.78 Å². The summed E-state index contributed by atoms with van der Waals surface area (Å²) in [7, 11) is 0. The van der Waals surface area contributed by atoms with E-state index in [0.717, 1.165) is 17.0 Å². The van der Waals surface area contributed by atoms with Gasteiger partial charge in [-0.2, -0.15) is 0 Å². The maximum absolute atomic E-state index is 12.9. The lowest BCUT2D eigenvalue weighted by Crippen LogP contribution is -2.49. The monoisotopic (exact) mass is 460 g/mol. The Morgan fingerprint density at radius 2 is 1.64 bits per heavy atom. The Morgan fingerprint density at radius 3 is 2.33 bits per heavy atom. The molecule has 1 atom stereocenters. The summed E-state index contributed by atoms with van der Waals surface area (Å²) >= 11 is 6.03. The second kappa shape index (κ2) is 8.94. The molecular weight excluding hydrogens is 436 g/mol. The van der Waals surface area contributed by atoms with Gasteiger partial charge in [-0.05, 0) is 49.1 Å². The highest BCUT2D eigenvalue weighted by atomic mass is 35.5. The average molecular weight is 461 g/mol. The van der Waals surface area contributed by atoms with Crippen molar-refractivity contribution < 1.29 is 9.59 Å². The predicted octanol–water partition coefficient (Wildman–Crippen LogP) is 4.31. The zero-order chi connectivity index (χ0) is 22.9. The Balaban J connectivity index is 1.33. The summed E-state index contributed by atoms with van der Waals surface area (Å²) in [4.78, 5) is 39.2. The third-order valence-corrected chi connectivity index (χ3v) is 6.77. The van der Waals surface area contributed by atoms with Crippen LogP contribution < -0.4 is 4.90 Å². The van der Waals surface area contributed by atoms with Crippen LogP contribution in [0.25, 0.3) is 0 Å². The van der Waals surface area contributed by atoms with Crippen molar-refractivity contribution in [3.8, 4) is 0 Å². The van der Waals surface area contributed by atoms with Crippen molar-refractivity contribution in [3.63, 3.8) is 0 Å². The number of hydrogen-bond acceptors (Lipinski definition) is 5. The number of carbonyl (C=O) groups excluding carboxylic acids is 2. The molecule has 1 saturated heterocycles. The van der Waals surface area contributed by atoms with Gasteiger partial charge in [0.25, 0.3) is 5.91 Å². The highest BCUT2D eigenvalue weighted by molar-refractivity contribution is 6.30. The van der Waals surface area contributed by atoms with E-state index in [4.69, 9.17) is 16.6 Å². The van der Waals surface area contributed by atoms with Crippen LogP contribution in [0.4, 0.5) is 5.95 Å². The summed E-state index contributed by atoms with van der Waals surface area (Å²) in [5, 5.41) is 0.687. The summed E-state index contributed by atoms with van der Waals surface area (Å²) in [5.74, 6) is 0.875. The lowest BCUT2D eigenvalue weighted by atomic mass is 9.81. The Kier molecular flexibility index (Phi) is 5.85. The van der Waals surface area contributed by atoms with E-state index >= 15 is 0 Å². The number of anilines is 1. The minimum atomic E-state index is 0.0502. The number of nitrogens with zero attached hydrogens (tertiary/aromatic N) is 4. The van der Waals surface area contributed by atoms with Crippen LogP contribution in [-0.2, 0) is 6.42 Å². The molecule has 1 aliphatic heterocycles. The first-order valence-electron chi connectivity index (χ1n) is 11.2. The Hall–Kier alpha value is -3.25. The van der Waals surface area contributed by atoms with E-state index in [1.165, 1.54) is 0 Å². The van der Waals surface area contributed by atoms with Gasteiger partial charge in [0.1, 0.15) is 0 Å². The summed E-state index contributed by atoms with van der Waals surface area (Å²) in [6, 6.07) is 17.1.